The van der Waals surface area contributed by atoms with Gasteiger partial charge in [0.2, 0.25) is 0 Å². The van der Waals surface area contributed by atoms with Gasteiger partial charge in [0.25, 0.3) is 0 Å². The van der Waals surface area contributed by atoms with Crippen LogP contribution in [0, 0.1) is 20.8 Å². The Morgan fingerprint density at radius 3 is 2.33 bits per heavy atom. The molecule has 0 aliphatic rings. The first-order valence-electron chi connectivity index (χ1n) is 7.44. The average Bonchev–Trinajstić information content (AvgIpc) is 2.72. The fraction of sp³-hybridized carbons (Fsp3) is 0.471. The molecule has 1 aromatic heterocycles. The highest BCUT2D eigenvalue weighted by Crippen LogP contribution is 2.32. The second-order valence-corrected chi connectivity index (χ2v) is 6.56. The Morgan fingerprint density at radius 1 is 1.24 bits per heavy atom. The number of halogens is 1. The van der Waals surface area contributed by atoms with E-state index < -0.39 is 0 Å². The highest BCUT2D eigenvalue weighted by atomic mass is 79.9. The molecular weight excluding hydrogens is 326 g/mol. The van der Waals surface area contributed by atoms with E-state index in [1.807, 2.05) is 17.9 Å². The first-order chi connectivity index (χ1) is 9.95. The molecule has 21 heavy (non-hydrogen) atoms. The molecule has 0 amide bonds. The quantitative estimate of drug-likeness (QED) is 0.876. The maximum Gasteiger partial charge on any atom is 0.0764 e. The molecule has 114 valence electrons. The van der Waals surface area contributed by atoms with E-state index in [0.717, 1.165) is 17.4 Å². The number of hydrogen-bond acceptors (Lipinski definition) is 2. The number of hydrogen-bond donors (Lipinski definition) is 1. The summed E-state index contributed by atoms with van der Waals surface area (Å²) in [6, 6.07) is 4.67. The van der Waals surface area contributed by atoms with E-state index in [0.29, 0.717) is 0 Å². The Balaban J connectivity index is 2.56. The summed E-state index contributed by atoms with van der Waals surface area (Å²) in [5, 5.41) is 8.06. The third-order valence-electron chi connectivity index (χ3n) is 3.84. The van der Waals surface area contributed by atoms with Gasteiger partial charge in [-0.05, 0) is 66.4 Å². The van der Waals surface area contributed by atoms with Gasteiger partial charge < -0.3 is 5.32 Å². The number of rotatable bonds is 5. The van der Waals surface area contributed by atoms with Crippen LogP contribution in [0.4, 0.5) is 0 Å². The van der Waals surface area contributed by atoms with E-state index >= 15 is 0 Å². The van der Waals surface area contributed by atoms with Crippen LogP contribution in [0.3, 0.4) is 0 Å². The van der Waals surface area contributed by atoms with Crippen molar-refractivity contribution in [2.75, 3.05) is 6.54 Å². The summed E-state index contributed by atoms with van der Waals surface area (Å²) in [4.78, 5) is 0. The lowest BCUT2D eigenvalue weighted by Crippen LogP contribution is -2.27. The van der Waals surface area contributed by atoms with E-state index in [1.54, 1.807) is 0 Å². The van der Waals surface area contributed by atoms with Crippen LogP contribution in [0.2, 0.25) is 0 Å². The molecule has 0 aliphatic carbocycles. The number of nitrogens with one attached hydrogen (secondary N) is 1. The molecule has 0 fully saturated rings. The fourth-order valence-corrected chi connectivity index (χ4v) is 3.59. The minimum atomic E-state index is 0.160. The van der Waals surface area contributed by atoms with Gasteiger partial charge in [0.1, 0.15) is 0 Å². The van der Waals surface area contributed by atoms with Gasteiger partial charge in [-0.2, -0.15) is 5.10 Å². The maximum atomic E-state index is 4.38. The van der Waals surface area contributed by atoms with Gasteiger partial charge in [0.15, 0.2) is 0 Å². The molecule has 1 unspecified atom stereocenters. The summed E-state index contributed by atoms with van der Waals surface area (Å²) in [6.07, 6.45) is 2.98. The van der Waals surface area contributed by atoms with Crippen LogP contribution in [-0.4, -0.2) is 16.3 Å². The van der Waals surface area contributed by atoms with Crippen molar-refractivity contribution in [2.24, 2.45) is 7.05 Å². The van der Waals surface area contributed by atoms with Crippen LogP contribution < -0.4 is 5.32 Å². The number of aromatic nitrogens is 2. The van der Waals surface area contributed by atoms with Gasteiger partial charge in [-0.1, -0.05) is 24.6 Å². The molecule has 4 heteroatoms. The normalized spacial score (nSPS) is 12.7. The lowest BCUT2D eigenvalue weighted by atomic mass is 9.92. The molecule has 0 saturated carbocycles. The minimum absolute atomic E-state index is 0.160. The van der Waals surface area contributed by atoms with Gasteiger partial charge in [0.05, 0.1) is 22.4 Å². The molecule has 3 nitrogen and oxygen atoms in total. The summed E-state index contributed by atoms with van der Waals surface area (Å²) in [5.41, 5.74) is 6.51. The van der Waals surface area contributed by atoms with Crippen molar-refractivity contribution in [3.05, 3.63) is 50.8 Å². The van der Waals surface area contributed by atoms with Gasteiger partial charge in [-0.3, -0.25) is 4.68 Å². The fourth-order valence-electron chi connectivity index (χ4n) is 3.02. The van der Waals surface area contributed by atoms with Crippen LogP contribution in [0.1, 0.15) is 47.3 Å². The van der Waals surface area contributed by atoms with Crippen molar-refractivity contribution in [3.63, 3.8) is 0 Å². The maximum absolute atomic E-state index is 4.38. The van der Waals surface area contributed by atoms with Crippen molar-refractivity contribution in [1.29, 1.82) is 0 Å². The van der Waals surface area contributed by atoms with Crippen molar-refractivity contribution in [3.8, 4) is 0 Å². The molecule has 2 rings (SSSR count). The number of aryl methyl sites for hydroxylation is 4. The number of benzene rings is 1. The third-order valence-corrected chi connectivity index (χ3v) is 4.45. The first-order valence-corrected chi connectivity index (χ1v) is 8.23. The first kappa shape index (κ1) is 16.2. The molecule has 0 bridgehead atoms. The molecule has 1 N–H and O–H groups in total. The van der Waals surface area contributed by atoms with E-state index in [-0.39, 0.29) is 6.04 Å². The Bertz CT molecular complexity index is 588. The summed E-state index contributed by atoms with van der Waals surface area (Å²) in [7, 11) is 2.00. The molecule has 0 aliphatic heterocycles. The molecule has 1 atom stereocenters. The van der Waals surface area contributed by atoms with Gasteiger partial charge >= 0.3 is 0 Å². The molecule has 1 aromatic carbocycles. The third kappa shape index (κ3) is 3.38. The highest BCUT2D eigenvalue weighted by Gasteiger charge is 2.23. The summed E-state index contributed by atoms with van der Waals surface area (Å²) in [6.45, 7) is 9.71. The van der Waals surface area contributed by atoms with E-state index in [9.17, 15) is 0 Å². The average molecular weight is 350 g/mol. The molecular formula is C17H24BrN3. The second-order valence-electron chi connectivity index (χ2n) is 5.70. The Hall–Kier alpha value is -1.13. The van der Waals surface area contributed by atoms with Gasteiger partial charge in [-0.25, -0.2) is 0 Å². The molecule has 0 saturated heterocycles. The van der Waals surface area contributed by atoms with Crippen LogP contribution in [0.15, 0.2) is 22.8 Å². The largest absolute Gasteiger partial charge is 0.305 e. The van der Waals surface area contributed by atoms with Crippen LogP contribution >= 0.6 is 15.9 Å². The zero-order valence-electron chi connectivity index (χ0n) is 13.5. The summed E-state index contributed by atoms with van der Waals surface area (Å²) in [5.74, 6) is 0. The van der Waals surface area contributed by atoms with Crippen LogP contribution in [-0.2, 0) is 7.05 Å². The van der Waals surface area contributed by atoms with Crippen LogP contribution in [0.25, 0.3) is 0 Å². The van der Waals surface area contributed by atoms with E-state index in [1.165, 1.54) is 27.9 Å². The molecule has 0 spiro atoms. The Labute approximate surface area is 135 Å². The van der Waals surface area contributed by atoms with Crippen molar-refractivity contribution >= 4 is 15.9 Å². The van der Waals surface area contributed by atoms with Gasteiger partial charge in [0, 0.05) is 7.05 Å². The smallest absolute Gasteiger partial charge is 0.0764 e. The lowest BCUT2D eigenvalue weighted by Gasteiger charge is -2.24. The lowest BCUT2D eigenvalue weighted by molar-refractivity contribution is 0.548. The molecule has 0 radical (unpaired) electrons. The highest BCUT2D eigenvalue weighted by molar-refractivity contribution is 9.10. The van der Waals surface area contributed by atoms with Gasteiger partial charge in [-0.15, -0.1) is 0 Å². The minimum Gasteiger partial charge on any atom is -0.305 e. The van der Waals surface area contributed by atoms with Crippen molar-refractivity contribution < 1.29 is 0 Å². The molecule has 2 aromatic rings. The van der Waals surface area contributed by atoms with E-state index in [4.69, 9.17) is 0 Å². The summed E-state index contributed by atoms with van der Waals surface area (Å²) < 4.78 is 3.01. The SMILES string of the molecule is CCCNC(c1c(C)cc(C)cc1C)c1c(Br)cnn1C. The standard InChI is InChI=1S/C17H24BrN3/c1-6-7-19-16(17-14(18)10-20-21(17)5)15-12(3)8-11(2)9-13(15)4/h8-10,16,19H,6-7H2,1-5H3. The monoisotopic (exact) mass is 349 g/mol. The zero-order chi connectivity index (χ0) is 15.6. The Morgan fingerprint density at radius 2 is 1.86 bits per heavy atom. The van der Waals surface area contributed by atoms with Crippen molar-refractivity contribution in [2.45, 2.75) is 40.2 Å². The van der Waals surface area contributed by atoms with Crippen molar-refractivity contribution in [1.82, 2.24) is 15.1 Å². The van der Waals surface area contributed by atoms with Crippen LogP contribution in [0.5, 0.6) is 0 Å². The number of nitrogens with zero attached hydrogens (tertiary/aromatic N) is 2. The Kier molecular flexibility index (Phi) is 5.22. The molecule has 1 heterocycles. The summed E-state index contributed by atoms with van der Waals surface area (Å²) >= 11 is 3.65. The predicted molar refractivity (Wildman–Crippen MR) is 91.7 cm³/mol. The zero-order valence-corrected chi connectivity index (χ0v) is 15.1. The topological polar surface area (TPSA) is 29.9 Å². The van der Waals surface area contributed by atoms with E-state index in [2.05, 4.69) is 66.2 Å². The predicted octanol–water partition coefficient (Wildman–Crippen LogP) is 4.20. The second kappa shape index (κ2) is 6.75.